The zero-order valence-corrected chi connectivity index (χ0v) is 13.3. The van der Waals surface area contributed by atoms with Crippen LogP contribution in [0.15, 0.2) is 24.3 Å². The molecule has 0 saturated carbocycles. The summed E-state index contributed by atoms with van der Waals surface area (Å²) >= 11 is 0. The Morgan fingerprint density at radius 2 is 2.00 bits per heavy atom. The fourth-order valence-corrected chi connectivity index (χ4v) is 2.34. The van der Waals surface area contributed by atoms with E-state index in [-0.39, 0.29) is 0 Å². The quantitative estimate of drug-likeness (QED) is 0.667. The van der Waals surface area contributed by atoms with E-state index in [0.717, 1.165) is 24.4 Å². The minimum absolute atomic E-state index is 0.402. The van der Waals surface area contributed by atoms with Crippen LogP contribution in [0.4, 0.5) is 5.69 Å². The molecule has 0 radical (unpaired) electrons. The summed E-state index contributed by atoms with van der Waals surface area (Å²) in [6.45, 7) is 5.29. The molecule has 0 bridgehead atoms. The number of carboxylic acids is 1. The molecule has 4 nitrogen and oxygen atoms in total. The van der Waals surface area contributed by atoms with Gasteiger partial charge in [-0.3, -0.25) is 4.79 Å². The van der Waals surface area contributed by atoms with E-state index in [4.69, 9.17) is 9.84 Å². The molecule has 0 spiro atoms. The summed E-state index contributed by atoms with van der Waals surface area (Å²) in [7, 11) is 1.65. The molecule has 1 aromatic carbocycles. The van der Waals surface area contributed by atoms with Crippen molar-refractivity contribution in [3.05, 3.63) is 24.3 Å². The molecule has 4 heteroatoms. The van der Waals surface area contributed by atoms with E-state index in [0.29, 0.717) is 6.54 Å². The van der Waals surface area contributed by atoms with Crippen LogP contribution in [0.2, 0.25) is 0 Å². The lowest BCUT2D eigenvalue weighted by atomic mass is 10.1. The molecule has 0 aliphatic carbocycles. The van der Waals surface area contributed by atoms with Gasteiger partial charge in [-0.2, -0.15) is 0 Å². The number of benzene rings is 1. The van der Waals surface area contributed by atoms with Gasteiger partial charge in [-0.05, 0) is 18.6 Å². The van der Waals surface area contributed by atoms with Crippen molar-refractivity contribution in [3.8, 4) is 5.75 Å². The van der Waals surface area contributed by atoms with Crippen molar-refractivity contribution in [2.24, 2.45) is 5.92 Å². The second-order valence-corrected chi connectivity index (χ2v) is 5.42. The number of carboxylic acid groups (broad SMARTS) is 1. The summed E-state index contributed by atoms with van der Waals surface area (Å²) in [5, 5.41) is 9.16. The molecular weight excluding hydrogens is 266 g/mol. The van der Waals surface area contributed by atoms with Crippen molar-refractivity contribution in [1.82, 2.24) is 0 Å². The third-order valence-electron chi connectivity index (χ3n) is 3.62. The number of para-hydroxylation sites is 2. The molecule has 0 amide bonds. The lowest BCUT2D eigenvalue weighted by molar-refractivity contribution is -0.140. The maximum atomic E-state index is 11.1. The molecule has 21 heavy (non-hydrogen) atoms. The van der Waals surface area contributed by atoms with E-state index in [9.17, 15) is 4.79 Å². The van der Waals surface area contributed by atoms with Gasteiger partial charge in [0.05, 0.1) is 18.7 Å². The summed E-state index contributed by atoms with van der Waals surface area (Å²) in [6, 6.07) is 7.80. The van der Waals surface area contributed by atoms with E-state index in [1.54, 1.807) is 14.0 Å². The highest BCUT2D eigenvalue weighted by atomic mass is 16.5. The predicted octanol–water partition coefficient (Wildman–Crippen LogP) is 3.80. The van der Waals surface area contributed by atoms with Gasteiger partial charge in [-0.25, -0.2) is 0 Å². The highest BCUT2D eigenvalue weighted by molar-refractivity contribution is 5.71. The van der Waals surface area contributed by atoms with Crippen LogP contribution in [0.3, 0.4) is 0 Å². The second-order valence-electron chi connectivity index (χ2n) is 5.42. The first-order chi connectivity index (χ1) is 10.1. The van der Waals surface area contributed by atoms with Gasteiger partial charge in [-0.15, -0.1) is 0 Å². The van der Waals surface area contributed by atoms with E-state index >= 15 is 0 Å². The molecule has 118 valence electrons. The van der Waals surface area contributed by atoms with E-state index in [2.05, 4.69) is 11.8 Å². The number of ether oxygens (including phenoxy) is 1. The Morgan fingerprint density at radius 1 is 1.29 bits per heavy atom. The van der Waals surface area contributed by atoms with Crippen LogP contribution in [-0.2, 0) is 4.79 Å². The molecule has 1 unspecified atom stereocenters. The zero-order chi connectivity index (χ0) is 15.7. The van der Waals surface area contributed by atoms with Crippen molar-refractivity contribution in [1.29, 1.82) is 0 Å². The number of hydrogen-bond acceptors (Lipinski definition) is 3. The Kier molecular flexibility index (Phi) is 7.65. The van der Waals surface area contributed by atoms with Gasteiger partial charge >= 0.3 is 5.97 Å². The maximum absolute atomic E-state index is 11.1. The Balaban J connectivity index is 2.81. The van der Waals surface area contributed by atoms with Crippen LogP contribution in [0, 0.1) is 5.92 Å². The lowest BCUT2D eigenvalue weighted by Gasteiger charge is -2.28. The minimum atomic E-state index is -0.761. The van der Waals surface area contributed by atoms with Crippen molar-refractivity contribution in [2.45, 2.75) is 39.5 Å². The van der Waals surface area contributed by atoms with Crippen molar-refractivity contribution in [2.75, 3.05) is 25.1 Å². The summed E-state index contributed by atoms with van der Waals surface area (Å²) in [6.07, 6.45) is 4.65. The number of anilines is 1. The van der Waals surface area contributed by atoms with E-state index in [1.807, 2.05) is 24.3 Å². The fraction of sp³-hybridized carbons (Fsp3) is 0.588. The summed E-state index contributed by atoms with van der Waals surface area (Å²) in [4.78, 5) is 13.3. The first-order valence-electron chi connectivity index (χ1n) is 7.70. The number of hydrogen-bond donors (Lipinski definition) is 1. The standard InChI is InChI=1S/C17H27NO3/c1-4-5-6-9-12-18(13-14(2)17(19)20)15-10-7-8-11-16(15)21-3/h7-8,10-11,14H,4-6,9,12-13H2,1-3H3,(H,19,20). The SMILES string of the molecule is CCCCCCN(CC(C)C(=O)O)c1ccccc1OC. The highest BCUT2D eigenvalue weighted by Gasteiger charge is 2.18. The molecule has 1 aromatic rings. The maximum Gasteiger partial charge on any atom is 0.308 e. The first-order valence-corrected chi connectivity index (χ1v) is 7.70. The molecule has 0 saturated heterocycles. The Labute approximate surface area is 127 Å². The largest absolute Gasteiger partial charge is 0.495 e. The number of rotatable bonds is 10. The first kappa shape index (κ1) is 17.3. The van der Waals surface area contributed by atoms with Crippen molar-refractivity contribution < 1.29 is 14.6 Å². The normalized spacial score (nSPS) is 12.0. The average molecular weight is 293 g/mol. The van der Waals surface area contributed by atoms with Crippen molar-refractivity contribution >= 4 is 11.7 Å². The minimum Gasteiger partial charge on any atom is -0.495 e. The van der Waals surface area contributed by atoms with E-state index < -0.39 is 11.9 Å². The summed E-state index contributed by atoms with van der Waals surface area (Å²) in [5.74, 6) is -0.366. The zero-order valence-electron chi connectivity index (χ0n) is 13.3. The molecule has 0 fully saturated rings. The Bertz CT molecular complexity index is 434. The third kappa shape index (κ3) is 5.66. The summed E-state index contributed by atoms with van der Waals surface area (Å²) in [5.41, 5.74) is 0.976. The molecule has 0 aliphatic rings. The van der Waals surface area contributed by atoms with Crippen molar-refractivity contribution in [3.63, 3.8) is 0 Å². The van der Waals surface area contributed by atoms with Crippen LogP contribution < -0.4 is 9.64 Å². The molecule has 0 heterocycles. The fourth-order valence-electron chi connectivity index (χ4n) is 2.34. The molecular formula is C17H27NO3. The Hall–Kier alpha value is -1.71. The number of unbranched alkanes of at least 4 members (excludes halogenated alkanes) is 3. The van der Waals surface area contributed by atoms with Gasteiger partial charge in [0.1, 0.15) is 5.75 Å². The van der Waals surface area contributed by atoms with E-state index in [1.165, 1.54) is 19.3 Å². The second kappa shape index (κ2) is 9.27. The number of methoxy groups -OCH3 is 1. The lowest BCUT2D eigenvalue weighted by Crippen LogP contribution is -2.33. The van der Waals surface area contributed by atoms with Gasteiger partial charge in [-0.1, -0.05) is 45.2 Å². The topological polar surface area (TPSA) is 49.8 Å². The van der Waals surface area contributed by atoms with Gasteiger partial charge in [0, 0.05) is 13.1 Å². The third-order valence-corrected chi connectivity index (χ3v) is 3.62. The molecule has 1 atom stereocenters. The predicted molar refractivity (Wildman–Crippen MR) is 86.1 cm³/mol. The van der Waals surface area contributed by atoms with Crippen LogP contribution in [0.25, 0.3) is 0 Å². The molecule has 1 N–H and O–H groups in total. The average Bonchev–Trinajstić information content (AvgIpc) is 2.50. The summed E-state index contributed by atoms with van der Waals surface area (Å²) < 4.78 is 5.41. The highest BCUT2D eigenvalue weighted by Crippen LogP contribution is 2.28. The molecule has 1 rings (SSSR count). The number of aliphatic carboxylic acids is 1. The number of nitrogens with zero attached hydrogens (tertiary/aromatic N) is 1. The van der Waals surface area contributed by atoms with Crippen LogP contribution in [0.1, 0.15) is 39.5 Å². The number of carbonyl (C=O) groups is 1. The smallest absolute Gasteiger partial charge is 0.308 e. The Morgan fingerprint density at radius 3 is 2.62 bits per heavy atom. The molecule has 0 aromatic heterocycles. The van der Waals surface area contributed by atoms with Gasteiger partial charge < -0.3 is 14.7 Å². The van der Waals surface area contributed by atoms with Gasteiger partial charge in [0.15, 0.2) is 0 Å². The van der Waals surface area contributed by atoms with Gasteiger partial charge in [0.2, 0.25) is 0 Å². The van der Waals surface area contributed by atoms with Crippen LogP contribution >= 0.6 is 0 Å². The molecule has 0 aliphatic heterocycles. The van der Waals surface area contributed by atoms with Crippen LogP contribution in [-0.4, -0.2) is 31.3 Å². The van der Waals surface area contributed by atoms with Gasteiger partial charge in [0.25, 0.3) is 0 Å². The monoisotopic (exact) mass is 293 g/mol. The van der Waals surface area contributed by atoms with Crippen LogP contribution in [0.5, 0.6) is 5.75 Å².